The van der Waals surface area contributed by atoms with Crippen LogP contribution in [-0.2, 0) is 31.6 Å². The first-order valence-corrected chi connectivity index (χ1v) is 18.1. The Kier molecular flexibility index (Phi) is 9.69. The van der Waals surface area contributed by atoms with Crippen LogP contribution in [0.2, 0.25) is 10.0 Å². The summed E-state index contributed by atoms with van der Waals surface area (Å²) in [4.78, 5) is 28.4. The molecule has 4 fully saturated rings. The van der Waals surface area contributed by atoms with E-state index in [1.54, 1.807) is 25.1 Å². The molecule has 43 heavy (non-hydrogen) atoms. The van der Waals surface area contributed by atoms with Gasteiger partial charge in [0.1, 0.15) is 12.6 Å². The molecule has 0 unspecified atom stereocenters. The Morgan fingerprint density at radius 3 is 2.05 bits per heavy atom. The molecule has 0 heterocycles. The van der Waals surface area contributed by atoms with E-state index in [1.165, 1.54) is 49.0 Å². The highest BCUT2D eigenvalue weighted by molar-refractivity contribution is 7.92. The Morgan fingerprint density at radius 1 is 0.977 bits per heavy atom. The van der Waals surface area contributed by atoms with Crippen LogP contribution in [0.1, 0.15) is 76.3 Å². The second kappa shape index (κ2) is 13.0. The van der Waals surface area contributed by atoms with Gasteiger partial charge in [0.05, 0.1) is 11.9 Å². The third-order valence-corrected chi connectivity index (χ3v) is 11.7. The van der Waals surface area contributed by atoms with E-state index in [9.17, 15) is 18.0 Å². The van der Waals surface area contributed by atoms with Gasteiger partial charge in [-0.05, 0) is 105 Å². The number of hydrogen-bond donors (Lipinski definition) is 1. The lowest BCUT2D eigenvalue weighted by molar-refractivity contribution is -0.139. The van der Waals surface area contributed by atoms with Gasteiger partial charge in [0.2, 0.25) is 21.8 Å². The number of nitrogens with one attached hydrogen (secondary N) is 1. The molecule has 4 saturated carbocycles. The minimum absolute atomic E-state index is 0.0394. The topological polar surface area (TPSA) is 86.8 Å². The van der Waals surface area contributed by atoms with Gasteiger partial charge in [0.15, 0.2) is 0 Å². The van der Waals surface area contributed by atoms with Gasteiger partial charge in [-0.2, -0.15) is 0 Å². The van der Waals surface area contributed by atoms with Gasteiger partial charge in [-0.25, -0.2) is 8.42 Å². The summed E-state index contributed by atoms with van der Waals surface area (Å²) in [6.07, 6.45) is 10.5. The van der Waals surface area contributed by atoms with Crippen molar-refractivity contribution in [1.82, 2.24) is 10.2 Å². The van der Waals surface area contributed by atoms with Crippen LogP contribution in [0, 0.1) is 17.8 Å². The Bertz CT molecular complexity index is 1390. The number of amides is 2. The second-order valence-corrected chi connectivity index (χ2v) is 15.8. The summed E-state index contributed by atoms with van der Waals surface area (Å²) in [5.41, 5.74) is 2.39. The molecule has 4 aliphatic carbocycles. The standard InChI is InChI=1S/C33H43Cl2N3O4S/c1-4-5-13-36-32(40)22(2)37(20-28-29(34)7-6-8-30(28)35)31(39)21-38(43(3,41)42)27-11-9-26(10-12-27)33-17-23-14-24(18-33)16-25(15-23)19-33/h6-12,22-25H,4-5,13-21H2,1-3H3,(H,36,40)/t22-,23?,24?,25?,33?/m1/s1. The molecule has 2 aromatic carbocycles. The van der Waals surface area contributed by atoms with E-state index in [4.69, 9.17) is 23.2 Å². The largest absolute Gasteiger partial charge is 0.354 e. The van der Waals surface area contributed by atoms with Gasteiger partial charge in [-0.1, -0.05) is 54.7 Å². The van der Waals surface area contributed by atoms with Crippen molar-refractivity contribution in [3.05, 3.63) is 63.6 Å². The molecule has 4 bridgehead atoms. The van der Waals surface area contributed by atoms with Crippen LogP contribution in [0.3, 0.4) is 0 Å². The van der Waals surface area contributed by atoms with Crippen LogP contribution in [0.15, 0.2) is 42.5 Å². The molecule has 234 valence electrons. The summed E-state index contributed by atoms with van der Waals surface area (Å²) in [7, 11) is -3.82. The van der Waals surface area contributed by atoms with Crippen molar-refractivity contribution in [2.75, 3.05) is 23.7 Å². The van der Waals surface area contributed by atoms with Crippen molar-refractivity contribution >= 4 is 50.7 Å². The first-order valence-electron chi connectivity index (χ1n) is 15.5. The van der Waals surface area contributed by atoms with Gasteiger partial charge in [0, 0.05) is 28.7 Å². The minimum Gasteiger partial charge on any atom is -0.354 e. The smallest absolute Gasteiger partial charge is 0.244 e. The lowest BCUT2D eigenvalue weighted by Gasteiger charge is -2.57. The fourth-order valence-electron chi connectivity index (χ4n) is 8.03. The summed E-state index contributed by atoms with van der Waals surface area (Å²) >= 11 is 12.9. The molecule has 0 radical (unpaired) electrons. The average Bonchev–Trinajstić information content (AvgIpc) is 2.94. The normalized spacial score (nSPS) is 24.9. The van der Waals surface area contributed by atoms with Crippen LogP contribution in [0.25, 0.3) is 0 Å². The zero-order valence-corrected chi connectivity index (χ0v) is 27.6. The molecular formula is C33H43Cl2N3O4S. The monoisotopic (exact) mass is 647 g/mol. The summed E-state index contributed by atoms with van der Waals surface area (Å²) in [5.74, 6) is 1.56. The van der Waals surface area contributed by atoms with Crippen molar-refractivity contribution in [3.63, 3.8) is 0 Å². The van der Waals surface area contributed by atoms with Gasteiger partial charge in [-0.15, -0.1) is 0 Å². The number of benzene rings is 2. The van der Waals surface area contributed by atoms with E-state index >= 15 is 0 Å². The molecule has 10 heteroatoms. The molecule has 0 spiro atoms. The van der Waals surface area contributed by atoms with Gasteiger partial charge < -0.3 is 10.2 Å². The highest BCUT2D eigenvalue weighted by atomic mass is 35.5. The first kappa shape index (κ1) is 32.1. The number of unbranched alkanes of at least 4 members (excludes halogenated alkanes) is 1. The summed E-state index contributed by atoms with van der Waals surface area (Å²) < 4.78 is 27.3. The van der Waals surface area contributed by atoms with E-state index in [-0.39, 0.29) is 17.9 Å². The molecule has 4 aliphatic rings. The quantitative estimate of drug-likeness (QED) is 0.264. The zero-order valence-electron chi connectivity index (χ0n) is 25.3. The fraction of sp³-hybridized carbons (Fsp3) is 0.576. The number of halogens is 2. The number of rotatable bonds is 12. The van der Waals surface area contributed by atoms with Crippen molar-refractivity contribution < 1.29 is 18.0 Å². The highest BCUT2D eigenvalue weighted by Crippen LogP contribution is 2.60. The molecule has 2 aromatic rings. The Balaban J connectivity index is 1.39. The Labute approximate surface area is 266 Å². The molecule has 0 aliphatic heterocycles. The number of anilines is 1. The SMILES string of the molecule is CCCCNC(=O)[C@@H](C)N(Cc1c(Cl)cccc1Cl)C(=O)CN(c1ccc(C23CC4CC(CC(C4)C2)C3)cc1)S(C)(=O)=O. The molecule has 6 rings (SSSR count). The summed E-state index contributed by atoms with van der Waals surface area (Å²) in [5, 5.41) is 3.61. The molecule has 1 N–H and O–H groups in total. The molecule has 7 nitrogen and oxygen atoms in total. The van der Waals surface area contributed by atoms with Crippen molar-refractivity contribution in [2.45, 2.75) is 83.2 Å². The summed E-state index contributed by atoms with van der Waals surface area (Å²) in [6, 6.07) is 12.0. The van der Waals surface area contributed by atoms with Crippen molar-refractivity contribution in [2.24, 2.45) is 17.8 Å². The number of hydrogen-bond acceptors (Lipinski definition) is 4. The summed E-state index contributed by atoms with van der Waals surface area (Å²) in [6.45, 7) is 3.65. The van der Waals surface area contributed by atoms with Gasteiger partial charge in [0.25, 0.3) is 0 Å². The van der Waals surface area contributed by atoms with Crippen LogP contribution in [0.5, 0.6) is 0 Å². The maximum Gasteiger partial charge on any atom is 0.244 e. The van der Waals surface area contributed by atoms with Gasteiger partial charge in [-0.3, -0.25) is 13.9 Å². The molecule has 0 aromatic heterocycles. The lowest BCUT2D eigenvalue weighted by atomic mass is 9.48. The second-order valence-electron chi connectivity index (χ2n) is 13.1. The van der Waals surface area contributed by atoms with E-state index in [0.29, 0.717) is 27.8 Å². The third-order valence-electron chi connectivity index (χ3n) is 9.87. The van der Waals surface area contributed by atoms with Crippen LogP contribution in [0.4, 0.5) is 5.69 Å². The molecular weight excluding hydrogens is 605 g/mol. The third kappa shape index (κ3) is 7.02. The van der Waals surface area contributed by atoms with E-state index in [2.05, 4.69) is 17.4 Å². The Hall–Kier alpha value is -2.29. The van der Waals surface area contributed by atoms with E-state index in [0.717, 1.165) is 41.2 Å². The molecule has 1 atom stereocenters. The number of carbonyl (C=O) groups excluding carboxylic acids is 2. The predicted molar refractivity (Wildman–Crippen MR) is 173 cm³/mol. The van der Waals surface area contributed by atoms with Gasteiger partial charge >= 0.3 is 0 Å². The fourth-order valence-corrected chi connectivity index (χ4v) is 9.40. The van der Waals surface area contributed by atoms with E-state index in [1.807, 2.05) is 19.1 Å². The molecule has 2 amide bonds. The minimum atomic E-state index is -3.82. The van der Waals surface area contributed by atoms with Crippen LogP contribution >= 0.6 is 23.2 Å². The van der Waals surface area contributed by atoms with Crippen LogP contribution < -0.4 is 9.62 Å². The van der Waals surface area contributed by atoms with E-state index < -0.39 is 28.5 Å². The maximum atomic E-state index is 13.9. The first-order chi connectivity index (χ1) is 20.4. The Morgan fingerprint density at radius 2 is 1.53 bits per heavy atom. The predicted octanol–water partition coefficient (Wildman–Crippen LogP) is 6.56. The number of sulfonamides is 1. The van der Waals surface area contributed by atoms with Crippen LogP contribution in [-0.4, -0.2) is 50.5 Å². The lowest BCUT2D eigenvalue weighted by Crippen LogP contribution is -2.51. The molecule has 0 saturated heterocycles. The number of carbonyl (C=O) groups is 2. The van der Waals surface area contributed by atoms with Crippen molar-refractivity contribution in [3.8, 4) is 0 Å². The highest BCUT2D eigenvalue weighted by Gasteiger charge is 2.51. The zero-order chi connectivity index (χ0) is 30.9. The van der Waals surface area contributed by atoms with Crippen molar-refractivity contribution in [1.29, 1.82) is 0 Å². The average molecular weight is 649 g/mol. The maximum absolute atomic E-state index is 13.9. The number of nitrogens with zero attached hydrogens (tertiary/aromatic N) is 2.